The van der Waals surface area contributed by atoms with Crippen LogP contribution in [-0.4, -0.2) is 45.5 Å². The van der Waals surface area contributed by atoms with Crippen LogP contribution in [0.5, 0.6) is 5.75 Å². The zero-order chi connectivity index (χ0) is 18.8. The van der Waals surface area contributed by atoms with Crippen LogP contribution >= 0.6 is 0 Å². The van der Waals surface area contributed by atoms with Crippen molar-refractivity contribution in [1.29, 1.82) is 0 Å². The Kier molecular flexibility index (Phi) is 6.11. The number of ether oxygens (including phenoxy) is 2. The molecule has 1 aliphatic rings. The second kappa shape index (κ2) is 7.74. The molecule has 1 saturated heterocycles. The van der Waals surface area contributed by atoms with Gasteiger partial charge in [0.15, 0.2) is 0 Å². The van der Waals surface area contributed by atoms with Crippen LogP contribution in [0.15, 0.2) is 11.0 Å². The highest BCUT2D eigenvalue weighted by atomic mass is 32.2. The Labute approximate surface area is 150 Å². The number of nitrogens with zero attached hydrogens (tertiary/aromatic N) is 1. The maximum atomic E-state index is 13.2. The Hall–Kier alpha value is -1.60. The van der Waals surface area contributed by atoms with E-state index < -0.39 is 10.0 Å². The first-order valence-electron chi connectivity index (χ1n) is 8.55. The Morgan fingerprint density at radius 2 is 1.80 bits per heavy atom. The van der Waals surface area contributed by atoms with Gasteiger partial charge in [-0.25, -0.2) is 8.42 Å². The Bertz CT molecular complexity index is 749. The highest BCUT2D eigenvalue weighted by Crippen LogP contribution is 2.33. The first-order chi connectivity index (χ1) is 11.7. The predicted molar refractivity (Wildman–Crippen MR) is 95.3 cm³/mol. The molecule has 7 heteroatoms. The third kappa shape index (κ3) is 3.82. The zero-order valence-corrected chi connectivity index (χ0v) is 16.4. The van der Waals surface area contributed by atoms with Gasteiger partial charge >= 0.3 is 5.97 Å². The van der Waals surface area contributed by atoms with Gasteiger partial charge < -0.3 is 9.47 Å². The van der Waals surface area contributed by atoms with E-state index in [9.17, 15) is 13.2 Å². The molecule has 0 saturated carbocycles. The fourth-order valence-corrected chi connectivity index (χ4v) is 5.31. The molecule has 1 aliphatic heterocycles. The quantitative estimate of drug-likeness (QED) is 0.746. The molecule has 0 radical (unpaired) electrons. The van der Waals surface area contributed by atoms with Crippen LogP contribution in [0.4, 0.5) is 0 Å². The van der Waals surface area contributed by atoms with Crippen LogP contribution in [0, 0.1) is 26.7 Å². The molecule has 0 spiro atoms. The third-order valence-corrected chi connectivity index (χ3v) is 7.06. The lowest BCUT2D eigenvalue weighted by molar-refractivity contribution is -0.149. The Balaban J connectivity index is 2.27. The van der Waals surface area contributed by atoms with Gasteiger partial charge in [-0.2, -0.15) is 4.31 Å². The fourth-order valence-electron chi connectivity index (χ4n) is 3.35. The summed E-state index contributed by atoms with van der Waals surface area (Å²) in [6.07, 6.45) is 0.983. The number of rotatable bonds is 5. The molecule has 2 rings (SSSR count). The largest absolute Gasteiger partial charge is 0.496 e. The van der Waals surface area contributed by atoms with E-state index in [2.05, 4.69) is 0 Å². The SMILES string of the molecule is CCOC(=O)C1CCN(S(=O)(=O)c2c(C)cc(OC)c(C)c2C)CC1. The minimum Gasteiger partial charge on any atom is -0.496 e. The number of methoxy groups -OCH3 is 1. The number of carbonyl (C=O) groups is 1. The third-order valence-electron chi connectivity index (χ3n) is 4.87. The second-order valence-corrected chi connectivity index (χ2v) is 8.28. The molecule has 0 N–H and O–H groups in total. The number of carbonyl (C=O) groups excluding carboxylic acids is 1. The average Bonchev–Trinajstić information content (AvgIpc) is 2.58. The molecule has 1 heterocycles. The van der Waals surface area contributed by atoms with E-state index >= 15 is 0 Å². The number of aryl methyl sites for hydroxylation is 1. The predicted octanol–water partition coefficient (Wildman–Crippen LogP) is 2.58. The molecule has 0 amide bonds. The van der Waals surface area contributed by atoms with Crippen molar-refractivity contribution in [2.45, 2.75) is 45.4 Å². The minimum atomic E-state index is -3.61. The first-order valence-corrected chi connectivity index (χ1v) is 9.99. The van der Waals surface area contributed by atoms with Crippen LogP contribution in [0.1, 0.15) is 36.5 Å². The summed E-state index contributed by atoms with van der Waals surface area (Å²) in [6.45, 7) is 8.23. The molecule has 6 nitrogen and oxygen atoms in total. The van der Waals surface area contributed by atoms with E-state index in [1.165, 1.54) is 4.31 Å². The van der Waals surface area contributed by atoms with Crippen LogP contribution in [0.2, 0.25) is 0 Å². The number of hydrogen-bond acceptors (Lipinski definition) is 5. The number of piperidine rings is 1. The summed E-state index contributed by atoms with van der Waals surface area (Å²) >= 11 is 0. The molecular formula is C18H27NO5S. The lowest BCUT2D eigenvalue weighted by Gasteiger charge is -2.31. The fraction of sp³-hybridized carbons (Fsp3) is 0.611. The van der Waals surface area contributed by atoms with Gasteiger partial charge in [0.25, 0.3) is 0 Å². The molecule has 0 unspecified atom stereocenters. The summed E-state index contributed by atoms with van der Waals surface area (Å²) < 4.78 is 38.1. The van der Waals surface area contributed by atoms with E-state index in [-0.39, 0.29) is 11.9 Å². The zero-order valence-electron chi connectivity index (χ0n) is 15.6. The first kappa shape index (κ1) is 19.7. The molecule has 0 aliphatic carbocycles. The molecular weight excluding hydrogens is 342 g/mol. The van der Waals surface area contributed by atoms with E-state index in [4.69, 9.17) is 9.47 Å². The summed E-state index contributed by atoms with van der Waals surface area (Å²) in [7, 11) is -2.03. The van der Waals surface area contributed by atoms with Crippen molar-refractivity contribution in [2.24, 2.45) is 5.92 Å². The van der Waals surface area contributed by atoms with Gasteiger partial charge in [-0.1, -0.05) is 0 Å². The van der Waals surface area contributed by atoms with E-state index in [1.54, 1.807) is 27.0 Å². The van der Waals surface area contributed by atoms with Crippen LogP contribution in [0.25, 0.3) is 0 Å². The van der Waals surface area contributed by atoms with Crippen molar-refractivity contribution in [3.05, 3.63) is 22.8 Å². The van der Waals surface area contributed by atoms with Crippen LogP contribution in [0.3, 0.4) is 0 Å². The summed E-state index contributed by atoms with van der Waals surface area (Å²) in [6, 6.07) is 1.76. The van der Waals surface area contributed by atoms with Crippen molar-refractivity contribution in [2.75, 3.05) is 26.8 Å². The lowest BCUT2D eigenvalue weighted by Crippen LogP contribution is -2.41. The lowest BCUT2D eigenvalue weighted by atomic mass is 9.98. The summed E-state index contributed by atoms with van der Waals surface area (Å²) in [5, 5.41) is 0. The van der Waals surface area contributed by atoms with Crippen LogP contribution < -0.4 is 4.74 Å². The van der Waals surface area contributed by atoms with Gasteiger partial charge in [-0.15, -0.1) is 0 Å². The molecule has 0 bridgehead atoms. The van der Waals surface area contributed by atoms with E-state index in [1.807, 2.05) is 13.8 Å². The molecule has 1 aromatic rings. The minimum absolute atomic E-state index is 0.216. The molecule has 0 atom stereocenters. The monoisotopic (exact) mass is 369 g/mol. The highest BCUT2D eigenvalue weighted by molar-refractivity contribution is 7.89. The molecule has 140 valence electrons. The summed E-state index contributed by atoms with van der Waals surface area (Å²) in [4.78, 5) is 12.2. The summed E-state index contributed by atoms with van der Waals surface area (Å²) in [5.74, 6) is 0.244. The Morgan fingerprint density at radius 3 is 2.32 bits per heavy atom. The standard InChI is InChI=1S/C18H27NO5S/c1-6-24-18(20)15-7-9-19(10-8-15)25(21,22)17-12(2)11-16(23-5)13(3)14(17)4/h11,15H,6-10H2,1-5H3. The van der Waals surface area contributed by atoms with E-state index in [0.29, 0.717) is 54.3 Å². The van der Waals surface area contributed by atoms with Crippen molar-refractivity contribution < 1.29 is 22.7 Å². The van der Waals surface area contributed by atoms with Gasteiger partial charge in [0.2, 0.25) is 10.0 Å². The highest BCUT2D eigenvalue weighted by Gasteiger charge is 2.34. The smallest absolute Gasteiger partial charge is 0.309 e. The van der Waals surface area contributed by atoms with Crippen molar-refractivity contribution in [3.63, 3.8) is 0 Å². The van der Waals surface area contributed by atoms with Gasteiger partial charge in [-0.05, 0) is 63.3 Å². The number of benzene rings is 1. The average molecular weight is 369 g/mol. The molecule has 1 aromatic carbocycles. The number of esters is 1. The van der Waals surface area contributed by atoms with Crippen molar-refractivity contribution in [3.8, 4) is 5.75 Å². The maximum absolute atomic E-state index is 13.2. The molecule has 0 aromatic heterocycles. The number of hydrogen-bond donors (Lipinski definition) is 0. The number of sulfonamides is 1. The van der Waals surface area contributed by atoms with Crippen molar-refractivity contribution >= 4 is 16.0 Å². The van der Waals surface area contributed by atoms with Crippen molar-refractivity contribution in [1.82, 2.24) is 4.31 Å². The van der Waals surface area contributed by atoms with Gasteiger partial charge in [0, 0.05) is 13.1 Å². The maximum Gasteiger partial charge on any atom is 0.309 e. The normalized spacial score (nSPS) is 16.7. The molecule has 1 fully saturated rings. The second-order valence-electron chi connectivity index (χ2n) is 6.41. The topological polar surface area (TPSA) is 72.9 Å². The molecule has 25 heavy (non-hydrogen) atoms. The van der Waals surface area contributed by atoms with Gasteiger partial charge in [-0.3, -0.25) is 4.79 Å². The van der Waals surface area contributed by atoms with Gasteiger partial charge in [0.1, 0.15) is 5.75 Å². The van der Waals surface area contributed by atoms with E-state index in [0.717, 1.165) is 5.56 Å². The summed E-state index contributed by atoms with van der Waals surface area (Å²) in [5.41, 5.74) is 2.21. The Morgan fingerprint density at radius 1 is 1.20 bits per heavy atom. The van der Waals surface area contributed by atoms with Crippen LogP contribution in [-0.2, 0) is 19.6 Å². The van der Waals surface area contributed by atoms with Gasteiger partial charge in [0.05, 0.1) is 24.5 Å².